The van der Waals surface area contributed by atoms with Crippen molar-refractivity contribution in [2.75, 3.05) is 6.54 Å². The van der Waals surface area contributed by atoms with Crippen molar-refractivity contribution >= 4 is 11.9 Å². The highest BCUT2D eigenvalue weighted by Crippen LogP contribution is 2.39. The van der Waals surface area contributed by atoms with Crippen LogP contribution in [-0.4, -0.2) is 28.5 Å². The molecule has 1 aromatic heterocycles. The summed E-state index contributed by atoms with van der Waals surface area (Å²) in [5.41, 5.74) is 0.664. The van der Waals surface area contributed by atoms with Crippen LogP contribution < -0.4 is 5.32 Å². The highest BCUT2D eigenvalue weighted by molar-refractivity contribution is 5.97. The number of rotatable bonds is 6. The first-order chi connectivity index (χ1) is 12.5. The topological polar surface area (TPSA) is 92.4 Å². The lowest BCUT2D eigenvalue weighted by atomic mass is 9.71. The van der Waals surface area contributed by atoms with Gasteiger partial charge in [0.2, 0.25) is 0 Å². The van der Waals surface area contributed by atoms with Gasteiger partial charge in [0.15, 0.2) is 17.3 Å². The molecule has 6 nitrogen and oxygen atoms in total. The van der Waals surface area contributed by atoms with Gasteiger partial charge in [-0.1, -0.05) is 49.6 Å². The van der Waals surface area contributed by atoms with Crippen LogP contribution in [0.1, 0.15) is 54.9 Å². The zero-order valence-corrected chi connectivity index (χ0v) is 15.0. The molecule has 1 heterocycles. The molecule has 138 valence electrons. The number of nitrogens with zero attached hydrogens (tertiary/aromatic N) is 1. The van der Waals surface area contributed by atoms with E-state index in [1.807, 2.05) is 30.3 Å². The summed E-state index contributed by atoms with van der Waals surface area (Å²) < 4.78 is 5.64. The average molecular weight is 356 g/mol. The first kappa shape index (κ1) is 18.2. The molecule has 0 bridgehead atoms. The number of aliphatic carboxylic acids is 1. The van der Waals surface area contributed by atoms with E-state index in [2.05, 4.69) is 10.3 Å². The van der Waals surface area contributed by atoms with Crippen molar-refractivity contribution < 1.29 is 19.1 Å². The van der Waals surface area contributed by atoms with Gasteiger partial charge >= 0.3 is 5.97 Å². The monoisotopic (exact) mass is 356 g/mol. The molecule has 1 aliphatic carbocycles. The lowest BCUT2D eigenvalue weighted by Gasteiger charge is -2.36. The fraction of sp³-hybridized carbons (Fsp3) is 0.450. The van der Waals surface area contributed by atoms with E-state index in [0.29, 0.717) is 18.2 Å². The molecule has 1 amide bonds. The fourth-order valence-corrected chi connectivity index (χ4v) is 3.76. The zero-order chi connectivity index (χ0) is 18.6. The van der Waals surface area contributed by atoms with Crippen molar-refractivity contribution in [3.63, 3.8) is 0 Å². The summed E-state index contributed by atoms with van der Waals surface area (Å²) >= 11 is 0. The van der Waals surface area contributed by atoms with Crippen LogP contribution >= 0.6 is 0 Å². The predicted molar refractivity (Wildman–Crippen MR) is 96.8 cm³/mol. The Bertz CT molecular complexity index is 776. The van der Waals surface area contributed by atoms with Crippen LogP contribution in [0.2, 0.25) is 0 Å². The maximum absolute atomic E-state index is 12.7. The summed E-state index contributed by atoms with van der Waals surface area (Å²) in [4.78, 5) is 28.3. The van der Waals surface area contributed by atoms with Gasteiger partial charge in [0.05, 0.1) is 6.42 Å². The minimum atomic E-state index is -0.816. The lowest BCUT2D eigenvalue weighted by molar-refractivity contribution is -0.140. The maximum Gasteiger partial charge on any atom is 0.303 e. The van der Waals surface area contributed by atoms with Crippen molar-refractivity contribution in [2.24, 2.45) is 5.41 Å². The molecule has 1 saturated carbocycles. The third-order valence-electron chi connectivity index (χ3n) is 5.05. The number of amides is 1. The second-order valence-electron chi connectivity index (χ2n) is 7.09. The molecule has 1 aliphatic rings. The average Bonchev–Trinajstić information content (AvgIpc) is 3.03. The van der Waals surface area contributed by atoms with Crippen LogP contribution in [0.5, 0.6) is 0 Å². The molecular formula is C20H24N2O4. The van der Waals surface area contributed by atoms with E-state index in [-0.39, 0.29) is 23.4 Å². The number of carbonyl (C=O) groups is 2. The number of carboxylic acid groups (broad SMARTS) is 1. The molecule has 3 rings (SSSR count). The summed E-state index contributed by atoms with van der Waals surface area (Å²) in [5, 5.41) is 12.2. The Morgan fingerprint density at radius 2 is 1.88 bits per heavy atom. The van der Waals surface area contributed by atoms with Crippen molar-refractivity contribution in [1.82, 2.24) is 10.3 Å². The second kappa shape index (κ2) is 7.72. The van der Waals surface area contributed by atoms with E-state index in [0.717, 1.165) is 37.7 Å². The summed E-state index contributed by atoms with van der Waals surface area (Å²) in [6.45, 7) is 2.05. The van der Waals surface area contributed by atoms with Crippen molar-refractivity contribution in [1.29, 1.82) is 0 Å². The van der Waals surface area contributed by atoms with Crippen molar-refractivity contribution in [3.8, 4) is 11.3 Å². The van der Waals surface area contributed by atoms with Gasteiger partial charge in [-0.2, -0.15) is 0 Å². The highest BCUT2D eigenvalue weighted by Gasteiger charge is 2.35. The molecule has 2 N–H and O–H groups in total. The van der Waals surface area contributed by atoms with Crippen molar-refractivity contribution in [2.45, 2.75) is 45.4 Å². The molecule has 0 unspecified atom stereocenters. The van der Waals surface area contributed by atoms with Gasteiger partial charge in [0.25, 0.3) is 5.91 Å². The molecule has 6 heteroatoms. The van der Waals surface area contributed by atoms with Gasteiger partial charge in [0, 0.05) is 19.0 Å². The van der Waals surface area contributed by atoms with Crippen molar-refractivity contribution in [3.05, 3.63) is 41.9 Å². The van der Waals surface area contributed by atoms with Crippen LogP contribution in [0.25, 0.3) is 11.3 Å². The Morgan fingerprint density at radius 3 is 2.54 bits per heavy atom. The molecule has 0 radical (unpaired) electrons. The van der Waals surface area contributed by atoms with E-state index in [1.54, 1.807) is 6.92 Å². The molecule has 1 aromatic carbocycles. The maximum atomic E-state index is 12.7. The van der Waals surface area contributed by atoms with Gasteiger partial charge in [0.1, 0.15) is 0 Å². The van der Waals surface area contributed by atoms with Crippen LogP contribution in [0.3, 0.4) is 0 Å². The number of carboxylic acids is 1. The summed E-state index contributed by atoms with van der Waals surface area (Å²) in [5.74, 6) is -0.275. The van der Waals surface area contributed by atoms with Gasteiger partial charge in [-0.25, -0.2) is 4.98 Å². The van der Waals surface area contributed by atoms with Gasteiger partial charge < -0.3 is 14.8 Å². The van der Waals surface area contributed by atoms with Crippen LogP contribution in [0.15, 0.2) is 34.7 Å². The number of benzene rings is 1. The third-order valence-corrected chi connectivity index (χ3v) is 5.05. The molecule has 0 aliphatic heterocycles. The standard InChI is InChI=1S/C20H24N2O4/c1-14-22-17(18(26-14)15-8-4-2-5-9-15)19(25)21-13-20(12-16(23)24)10-6-3-7-11-20/h2,4-5,8-9H,3,6-7,10-13H2,1H3,(H,21,25)(H,23,24). The number of aryl methyl sites for hydroxylation is 1. The number of hydrogen-bond acceptors (Lipinski definition) is 4. The fourth-order valence-electron chi connectivity index (χ4n) is 3.76. The lowest BCUT2D eigenvalue weighted by Crippen LogP contribution is -2.40. The predicted octanol–water partition coefficient (Wildman–Crippen LogP) is 3.81. The zero-order valence-electron chi connectivity index (χ0n) is 15.0. The minimum Gasteiger partial charge on any atom is -0.481 e. The van der Waals surface area contributed by atoms with E-state index in [1.165, 1.54) is 0 Å². The second-order valence-corrected chi connectivity index (χ2v) is 7.09. The van der Waals surface area contributed by atoms with Gasteiger partial charge in [-0.05, 0) is 18.3 Å². The van der Waals surface area contributed by atoms with Crippen LogP contribution in [0.4, 0.5) is 0 Å². The Balaban J connectivity index is 1.77. The molecular weight excluding hydrogens is 332 g/mol. The number of carbonyl (C=O) groups excluding carboxylic acids is 1. The van der Waals surface area contributed by atoms with E-state index in [9.17, 15) is 14.7 Å². The molecule has 26 heavy (non-hydrogen) atoms. The Labute approximate surface area is 152 Å². The smallest absolute Gasteiger partial charge is 0.303 e. The third kappa shape index (κ3) is 4.12. The van der Waals surface area contributed by atoms with Gasteiger partial charge in [-0.3, -0.25) is 9.59 Å². The largest absolute Gasteiger partial charge is 0.481 e. The quantitative estimate of drug-likeness (QED) is 0.821. The Morgan fingerprint density at radius 1 is 1.19 bits per heavy atom. The Hall–Kier alpha value is -2.63. The molecule has 0 spiro atoms. The molecule has 0 saturated heterocycles. The van der Waals surface area contributed by atoms with Crippen LogP contribution in [0, 0.1) is 12.3 Å². The summed E-state index contributed by atoms with van der Waals surface area (Å²) in [6.07, 6.45) is 4.85. The number of aromatic nitrogens is 1. The number of oxazole rings is 1. The SMILES string of the molecule is Cc1nc(C(=O)NCC2(CC(=O)O)CCCCC2)c(-c2ccccc2)o1. The molecule has 0 atom stereocenters. The summed E-state index contributed by atoms with van der Waals surface area (Å²) in [6, 6.07) is 9.37. The number of hydrogen-bond donors (Lipinski definition) is 2. The van der Waals surface area contributed by atoms with Gasteiger partial charge in [-0.15, -0.1) is 0 Å². The first-order valence-electron chi connectivity index (χ1n) is 9.02. The number of nitrogens with one attached hydrogen (secondary N) is 1. The normalized spacial score (nSPS) is 16.2. The molecule has 1 fully saturated rings. The van der Waals surface area contributed by atoms with E-state index < -0.39 is 5.97 Å². The molecule has 2 aromatic rings. The Kier molecular flexibility index (Phi) is 5.40. The summed E-state index contributed by atoms with van der Waals surface area (Å²) in [7, 11) is 0. The first-order valence-corrected chi connectivity index (χ1v) is 9.02. The van der Waals surface area contributed by atoms with Crippen LogP contribution in [-0.2, 0) is 4.79 Å². The van der Waals surface area contributed by atoms with E-state index in [4.69, 9.17) is 4.42 Å². The van der Waals surface area contributed by atoms with E-state index >= 15 is 0 Å². The highest BCUT2D eigenvalue weighted by atomic mass is 16.4. The minimum absolute atomic E-state index is 0.0800.